The van der Waals surface area contributed by atoms with Crippen LogP contribution in [-0.4, -0.2) is 29.1 Å². The minimum atomic E-state index is -0.556. The average molecular weight is 480 g/mol. The maximum atomic E-state index is 12.8. The topological polar surface area (TPSA) is 72.9 Å². The van der Waals surface area contributed by atoms with E-state index in [2.05, 4.69) is 0 Å². The number of carbonyl (C=O) groups is 3. The SMILES string of the molecule is COc1cc(/C=C2\SC(=O)N(Cc3ccccc3)C2=O)ccc1OC(=O)c1ccc(Cl)cc1. The highest BCUT2D eigenvalue weighted by molar-refractivity contribution is 8.18. The van der Waals surface area contributed by atoms with E-state index in [4.69, 9.17) is 21.1 Å². The van der Waals surface area contributed by atoms with Gasteiger partial charge in [-0.25, -0.2) is 4.79 Å². The Morgan fingerprint density at radius 3 is 2.42 bits per heavy atom. The zero-order valence-electron chi connectivity index (χ0n) is 17.5. The van der Waals surface area contributed by atoms with Crippen molar-refractivity contribution in [3.8, 4) is 11.5 Å². The Kier molecular flexibility index (Phi) is 6.82. The van der Waals surface area contributed by atoms with Gasteiger partial charge in [0.15, 0.2) is 11.5 Å². The Morgan fingerprint density at radius 1 is 1.00 bits per heavy atom. The third-order valence-corrected chi connectivity index (χ3v) is 5.98. The van der Waals surface area contributed by atoms with Gasteiger partial charge in [-0.3, -0.25) is 14.5 Å². The molecule has 1 saturated heterocycles. The van der Waals surface area contributed by atoms with Gasteiger partial charge < -0.3 is 9.47 Å². The van der Waals surface area contributed by atoms with E-state index in [0.717, 1.165) is 17.3 Å². The number of hydrogen-bond donors (Lipinski definition) is 0. The summed E-state index contributed by atoms with van der Waals surface area (Å²) in [6.45, 7) is 0.214. The molecule has 0 N–H and O–H groups in total. The van der Waals surface area contributed by atoms with Gasteiger partial charge in [-0.1, -0.05) is 48.0 Å². The summed E-state index contributed by atoms with van der Waals surface area (Å²) >= 11 is 6.74. The molecule has 1 heterocycles. The van der Waals surface area contributed by atoms with Crippen molar-refractivity contribution in [2.75, 3.05) is 7.11 Å². The van der Waals surface area contributed by atoms with Crippen molar-refractivity contribution in [2.45, 2.75) is 6.54 Å². The largest absolute Gasteiger partial charge is 0.493 e. The molecule has 33 heavy (non-hydrogen) atoms. The first-order chi connectivity index (χ1) is 15.9. The monoisotopic (exact) mass is 479 g/mol. The summed E-state index contributed by atoms with van der Waals surface area (Å²) in [7, 11) is 1.45. The predicted octanol–water partition coefficient (Wildman–Crippen LogP) is 5.80. The smallest absolute Gasteiger partial charge is 0.343 e. The van der Waals surface area contributed by atoms with E-state index in [1.807, 2.05) is 30.3 Å². The normalized spacial score (nSPS) is 14.6. The molecule has 6 nitrogen and oxygen atoms in total. The van der Waals surface area contributed by atoms with Crippen molar-refractivity contribution < 1.29 is 23.9 Å². The van der Waals surface area contributed by atoms with E-state index in [1.165, 1.54) is 12.0 Å². The summed E-state index contributed by atoms with van der Waals surface area (Å²) < 4.78 is 10.8. The summed E-state index contributed by atoms with van der Waals surface area (Å²) in [6.07, 6.45) is 1.61. The van der Waals surface area contributed by atoms with Crippen molar-refractivity contribution in [1.29, 1.82) is 0 Å². The number of carbonyl (C=O) groups excluding carboxylic acids is 3. The molecule has 0 spiro atoms. The van der Waals surface area contributed by atoms with Crippen molar-refractivity contribution in [3.63, 3.8) is 0 Å². The molecule has 1 aliphatic heterocycles. The molecular weight excluding hydrogens is 462 g/mol. The third-order valence-electron chi connectivity index (χ3n) is 4.83. The molecule has 8 heteroatoms. The minimum absolute atomic E-state index is 0.214. The number of methoxy groups -OCH3 is 1. The number of amides is 2. The zero-order valence-corrected chi connectivity index (χ0v) is 19.1. The lowest BCUT2D eigenvalue weighted by Crippen LogP contribution is -2.27. The van der Waals surface area contributed by atoms with Crippen molar-refractivity contribution >= 4 is 46.6 Å². The van der Waals surface area contributed by atoms with Crippen LogP contribution in [0, 0.1) is 0 Å². The van der Waals surface area contributed by atoms with Crippen molar-refractivity contribution in [3.05, 3.63) is 99.4 Å². The molecular formula is C25H18ClNO5S. The predicted molar refractivity (Wildman–Crippen MR) is 127 cm³/mol. The molecule has 0 atom stereocenters. The maximum Gasteiger partial charge on any atom is 0.343 e. The van der Waals surface area contributed by atoms with Crippen LogP contribution in [0.25, 0.3) is 6.08 Å². The molecule has 0 bridgehead atoms. The number of thioether (sulfide) groups is 1. The second-order valence-electron chi connectivity index (χ2n) is 7.06. The number of imide groups is 1. The third kappa shape index (κ3) is 5.27. The van der Waals surface area contributed by atoms with E-state index in [1.54, 1.807) is 48.5 Å². The van der Waals surface area contributed by atoms with Crippen LogP contribution < -0.4 is 9.47 Å². The molecule has 0 aliphatic carbocycles. The van der Waals surface area contributed by atoms with E-state index in [-0.39, 0.29) is 23.4 Å². The summed E-state index contributed by atoms with van der Waals surface area (Å²) in [5.41, 5.74) is 1.84. The highest BCUT2D eigenvalue weighted by atomic mass is 35.5. The molecule has 0 saturated carbocycles. The van der Waals surface area contributed by atoms with Crippen LogP contribution in [0.1, 0.15) is 21.5 Å². The number of ether oxygens (including phenoxy) is 2. The van der Waals surface area contributed by atoms with Crippen LogP contribution in [-0.2, 0) is 11.3 Å². The molecule has 1 fully saturated rings. The van der Waals surface area contributed by atoms with Crippen molar-refractivity contribution in [1.82, 2.24) is 4.90 Å². The van der Waals surface area contributed by atoms with Gasteiger partial charge in [0.25, 0.3) is 11.1 Å². The van der Waals surface area contributed by atoms with Crippen LogP contribution in [0.15, 0.2) is 77.7 Å². The minimum Gasteiger partial charge on any atom is -0.493 e. The lowest BCUT2D eigenvalue weighted by molar-refractivity contribution is -0.123. The molecule has 0 aromatic heterocycles. The Balaban J connectivity index is 1.51. The summed E-state index contributed by atoms with van der Waals surface area (Å²) in [6, 6.07) is 20.5. The highest BCUT2D eigenvalue weighted by Gasteiger charge is 2.35. The number of rotatable bonds is 6. The summed E-state index contributed by atoms with van der Waals surface area (Å²) in [5, 5.41) is 0.192. The summed E-state index contributed by atoms with van der Waals surface area (Å²) in [5.74, 6) is -0.368. The van der Waals surface area contributed by atoms with Gasteiger partial charge in [0.1, 0.15) is 0 Å². The van der Waals surface area contributed by atoms with Gasteiger partial charge in [0.2, 0.25) is 0 Å². The Labute approximate surface area is 199 Å². The van der Waals surface area contributed by atoms with E-state index < -0.39 is 5.97 Å². The number of hydrogen-bond acceptors (Lipinski definition) is 6. The fourth-order valence-electron chi connectivity index (χ4n) is 3.16. The van der Waals surface area contributed by atoms with Gasteiger partial charge >= 0.3 is 5.97 Å². The van der Waals surface area contributed by atoms with Gasteiger partial charge in [-0.15, -0.1) is 0 Å². The first kappa shape index (κ1) is 22.6. The lowest BCUT2D eigenvalue weighted by Gasteiger charge is -2.12. The standard InChI is InChI=1S/C25H18ClNO5S/c1-31-21-13-17(7-12-20(21)32-24(29)18-8-10-19(26)11-9-18)14-22-23(28)27(25(30)33-22)15-16-5-3-2-4-6-16/h2-14H,15H2,1H3/b22-14-. The number of nitrogens with zero attached hydrogens (tertiary/aromatic N) is 1. The van der Waals surface area contributed by atoms with Crippen LogP contribution >= 0.6 is 23.4 Å². The molecule has 3 aromatic rings. The molecule has 4 rings (SSSR count). The van der Waals surface area contributed by atoms with Crippen LogP contribution in [0.4, 0.5) is 4.79 Å². The number of halogens is 1. The maximum absolute atomic E-state index is 12.8. The first-order valence-electron chi connectivity index (χ1n) is 9.89. The molecule has 3 aromatic carbocycles. The van der Waals surface area contributed by atoms with Crippen LogP contribution in [0.2, 0.25) is 5.02 Å². The summed E-state index contributed by atoms with van der Waals surface area (Å²) in [4.78, 5) is 39.1. The average Bonchev–Trinajstić information content (AvgIpc) is 3.08. The highest BCUT2D eigenvalue weighted by Crippen LogP contribution is 2.35. The van der Waals surface area contributed by atoms with Gasteiger partial charge in [0, 0.05) is 5.02 Å². The number of benzene rings is 3. The van der Waals surface area contributed by atoms with E-state index in [0.29, 0.717) is 26.8 Å². The van der Waals surface area contributed by atoms with Gasteiger partial charge in [-0.2, -0.15) is 0 Å². The Hall–Kier alpha value is -3.55. The van der Waals surface area contributed by atoms with E-state index in [9.17, 15) is 14.4 Å². The fraction of sp³-hybridized carbons (Fsp3) is 0.0800. The first-order valence-corrected chi connectivity index (χ1v) is 11.1. The van der Waals surface area contributed by atoms with Gasteiger partial charge in [-0.05, 0) is 65.4 Å². The second kappa shape index (κ2) is 9.94. The quantitative estimate of drug-likeness (QED) is 0.252. The molecule has 1 aliphatic rings. The van der Waals surface area contributed by atoms with E-state index >= 15 is 0 Å². The van der Waals surface area contributed by atoms with Crippen LogP contribution in [0.5, 0.6) is 11.5 Å². The molecule has 2 amide bonds. The molecule has 0 unspecified atom stereocenters. The van der Waals surface area contributed by atoms with Crippen LogP contribution in [0.3, 0.4) is 0 Å². The molecule has 166 valence electrons. The zero-order chi connectivity index (χ0) is 23.4. The van der Waals surface area contributed by atoms with Gasteiger partial charge in [0.05, 0.1) is 24.1 Å². The molecule has 0 radical (unpaired) electrons. The second-order valence-corrected chi connectivity index (χ2v) is 8.49. The lowest BCUT2D eigenvalue weighted by atomic mass is 10.1. The number of esters is 1. The Bertz CT molecular complexity index is 1240. The Morgan fingerprint density at radius 2 is 1.73 bits per heavy atom. The fourth-order valence-corrected chi connectivity index (χ4v) is 4.12. The van der Waals surface area contributed by atoms with Crippen molar-refractivity contribution in [2.24, 2.45) is 0 Å².